The molecule has 1 heterocycles. The van der Waals surface area contributed by atoms with E-state index in [1.807, 2.05) is 0 Å². The molecule has 0 radical (unpaired) electrons. The molecule has 0 aliphatic carbocycles. The Hall–Kier alpha value is -0.0800. The van der Waals surface area contributed by atoms with Gasteiger partial charge in [-0.2, -0.15) is 0 Å². The van der Waals surface area contributed by atoms with Gasteiger partial charge in [-0.3, -0.25) is 0 Å². The lowest BCUT2D eigenvalue weighted by atomic mass is 9.93. The van der Waals surface area contributed by atoms with Crippen molar-refractivity contribution in [3.8, 4) is 0 Å². The van der Waals surface area contributed by atoms with Gasteiger partial charge < -0.3 is 10.1 Å². The Morgan fingerprint density at radius 1 is 1.40 bits per heavy atom. The predicted molar refractivity (Wildman–Crippen MR) is 65.1 cm³/mol. The second-order valence-corrected chi connectivity index (χ2v) is 4.85. The van der Waals surface area contributed by atoms with E-state index in [1.54, 1.807) is 0 Å². The van der Waals surface area contributed by atoms with E-state index in [0.29, 0.717) is 12.1 Å². The van der Waals surface area contributed by atoms with Crippen molar-refractivity contribution in [2.24, 2.45) is 5.92 Å². The number of hydrogen-bond donors (Lipinski definition) is 1. The molecule has 3 unspecified atom stereocenters. The second kappa shape index (κ2) is 7.24. The van der Waals surface area contributed by atoms with Gasteiger partial charge in [0.15, 0.2) is 0 Å². The molecule has 0 spiro atoms. The van der Waals surface area contributed by atoms with Crippen LogP contribution in [-0.4, -0.2) is 25.3 Å². The highest BCUT2D eigenvalue weighted by atomic mass is 16.5. The van der Waals surface area contributed by atoms with Gasteiger partial charge in [0.2, 0.25) is 0 Å². The van der Waals surface area contributed by atoms with E-state index in [1.165, 1.54) is 32.1 Å². The summed E-state index contributed by atoms with van der Waals surface area (Å²) in [4.78, 5) is 0. The largest absolute Gasteiger partial charge is 0.377 e. The van der Waals surface area contributed by atoms with E-state index in [-0.39, 0.29) is 0 Å². The van der Waals surface area contributed by atoms with Gasteiger partial charge in [-0.15, -0.1) is 0 Å². The molecule has 3 atom stereocenters. The third-order valence-electron chi connectivity index (χ3n) is 3.32. The molecule has 1 fully saturated rings. The standard InChI is InChI=1S/C13H27NO/c1-4-7-11(3)10-12(14-5-2)13-8-6-9-15-13/h11-14H,4-10H2,1-3H3. The van der Waals surface area contributed by atoms with Crippen LogP contribution in [0, 0.1) is 5.92 Å². The second-order valence-electron chi connectivity index (χ2n) is 4.85. The average molecular weight is 213 g/mol. The minimum absolute atomic E-state index is 0.476. The summed E-state index contributed by atoms with van der Waals surface area (Å²) >= 11 is 0. The topological polar surface area (TPSA) is 21.3 Å². The third-order valence-corrected chi connectivity index (χ3v) is 3.32. The van der Waals surface area contributed by atoms with Crippen molar-refractivity contribution in [1.29, 1.82) is 0 Å². The quantitative estimate of drug-likeness (QED) is 0.702. The van der Waals surface area contributed by atoms with Crippen LogP contribution in [0.2, 0.25) is 0 Å². The molecular weight excluding hydrogens is 186 g/mol. The van der Waals surface area contributed by atoms with Crippen molar-refractivity contribution in [2.75, 3.05) is 13.2 Å². The van der Waals surface area contributed by atoms with Crippen molar-refractivity contribution in [3.05, 3.63) is 0 Å². The zero-order valence-electron chi connectivity index (χ0n) is 10.6. The molecule has 0 amide bonds. The third kappa shape index (κ3) is 4.52. The van der Waals surface area contributed by atoms with Crippen molar-refractivity contribution < 1.29 is 4.74 Å². The van der Waals surface area contributed by atoms with E-state index >= 15 is 0 Å². The lowest BCUT2D eigenvalue weighted by molar-refractivity contribution is 0.0707. The van der Waals surface area contributed by atoms with E-state index in [9.17, 15) is 0 Å². The molecule has 1 aliphatic heterocycles. The molecule has 90 valence electrons. The molecule has 0 aromatic rings. The van der Waals surface area contributed by atoms with Crippen molar-refractivity contribution in [1.82, 2.24) is 5.32 Å². The number of hydrogen-bond acceptors (Lipinski definition) is 2. The van der Waals surface area contributed by atoms with E-state index < -0.39 is 0 Å². The van der Waals surface area contributed by atoms with Gasteiger partial charge in [-0.05, 0) is 31.7 Å². The van der Waals surface area contributed by atoms with Gasteiger partial charge in [-0.1, -0.05) is 33.6 Å². The fraction of sp³-hybridized carbons (Fsp3) is 1.00. The van der Waals surface area contributed by atoms with Crippen LogP contribution in [0.1, 0.15) is 52.9 Å². The minimum atomic E-state index is 0.476. The molecule has 2 heteroatoms. The maximum Gasteiger partial charge on any atom is 0.0728 e. The summed E-state index contributed by atoms with van der Waals surface area (Å²) in [6.07, 6.45) is 6.88. The van der Waals surface area contributed by atoms with Gasteiger partial charge in [0.25, 0.3) is 0 Å². The maximum atomic E-state index is 5.78. The Balaban J connectivity index is 2.34. The zero-order valence-corrected chi connectivity index (χ0v) is 10.6. The van der Waals surface area contributed by atoms with Gasteiger partial charge in [0, 0.05) is 12.6 Å². The molecule has 1 rings (SSSR count). The van der Waals surface area contributed by atoms with Gasteiger partial charge >= 0.3 is 0 Å². The van der Waals surface area contributed by atoms with Gasteiger partial charge in [0.05, 0.1) is 6.10 Å². The Kier molecular flexibility index (Phi) is 6.26. The normalized spacial score (nSPS) is 25.4. The molecule has 15 heavy (non-hydrogen) atoms. The number of ether oxygens (including phenoxy) is 1. The first-order chi connectivity index (χ1) is 7.27. The molecule has 0 aromatic heterocycles. The first-order valence-electron chi connectivity index (χ1n) is 6.62. The van der Waals surface area contributed by atoms with Gasteiger partial charge in [0.1, 0.15) is 0 Å². The molecule has 0 saturated carbocycles. The monoisotopic (exact) mass is 213 g/mol. The highest BCUT2D eigenvalue weighted by Gasteiger charge is 2.26. The molecule has 0 aromatic carbocycles. The number of likely N-dealkylation sites (N-methyl/N-ethyl adjacent to an activating group) is 1. The summed E-state index contributed by atoms with van der Waals surface area (Å²) in [5.74, 6) is 0.822. The molecule has 1 saturated heterocycles. The molecule has 1 N–H and O–H groups in total. The highest BCUT2D eigenvalue weighted by Crippen LogP contribution is 2.22. The summed E-state index contributed by atoms with van der Waals surface area (Å²) in [6.45, 7) is 8.85. The van der Waals surface area contributed by atoms with Gasteiger partial charge in [-0.25, -0.2) is 0 Å². The lowest BCUT2D eigenvalue weighted by Crippen LogP contribution is -2.40. The fourth-order valence-electron chi connectivity index (χ4n) is 2.59. The van der Waals surface area contributed by atoms with Crippen LogP contribution < -0.4 is 5.32 Å². The fourth-order valence-corrected chi connectivity index (χ4v) is 2.59. The maximum absolute atomic E-state index is 5.78. The summed E-state index contributed by atoms with van der Waals surface area (Å²) in [6, 6.07) is 0.582. The molecular formula is C13H27NO. The van der Waals surface area contributed by atoms with Crippen LogP contribution in [0.15, 0.2) is 0 Å². The van der Waals surface area contributed by atoms with Crippen LogP contribution in [0.5, 0.6) is 0 Å². The van der Waals surface area contributed by atoms with E-state index in [2.05, 4.69) is 26.1 Å². The average Bonchev–Trinajstić information content (AvgIpc) is 2.70. The first kappa shape index (κ1) is 13.0. The Labute approximate surface area is 94.8 Å². The Morgan fingerprint density at radius 3 is 2.73 bits per heavy atom. The molecule has 0 bridgehead atoms. The SMILES string of the molecule is CCCC(C)CC(NCC)C1CCCO1. The first-order valence-corrected chi connectivity index (χ1v) is 6.62. The molecule has 2 nitrogen and oxygen atoms in total. The Morgan fingerprint density at radius 2 is 2.20 bits per heavy atom. The van der Waals surface area contributed by atoms with Crippen LogP contribution in [0.25, 0.3) is 0 Å². The summed E-state index contributed by atoms with van der Waals surface area (Å²) < 4.78 is 5.78. The predicted octanol–water partition coefficient (Wildman–Crippen LogP) is 2.97. The lowest BCUT2D eigenvalue weighted by Gasteiger charge is -2.26. The smallest absolute Gasteiger partial charge is 0.0728 e. The summed E-state index contributed by atoms with van der Waals surface area (Å²) in [5, 5.41) is 3.59. The minimum Gasteiger partial charge on any atom is -0.377 e. The highest BCUT2D eigenvalue weighted by molar-refractivity contribution is 4.81. The van der Waals surface area contributed by atoms with Crippen LogP contribution >= 0.6 is 0 Å². The van der Waals surface area contributed by atoms with E-state index in [0.717, 1.165) is 19.1 Å². The summed E-state index contributed by atoms with van der Waals surface area (Å²) in [7, 11) is 0. The van der Waals surface area contributed by atoms with Crippen LogP contribution in [-0.2, 0) is 4.74 Å². The summed E-state index contributed by atoms with van der Waals surface area (Å²) in [5.41, 5.74) is 0. The van der Waals surface area contributed by atoms with E-state index in [4.69, 9.17) is 4.74 Å². The van der Waals surface area contributed by atoms with Crippen molar-refractivity contribution in [3.63, 3.8) is 0 Å². The number of nitrogens with one attached hydrogen (secondary N) is 1. The van der Waals surface area contributed by atoms with Crippen LogP contribution in [0.3, 0.4) is 0 Å². The van der Waals surface area contributed by atoms with Crippen LogP contribution in [0.4, 0.5) is 0 Å². The zero-order chi connectivity index (χ0) is 11.1. The Bertz CT molecular complexity index is 155. The number of rotatable bonds is 7. The molecule has 1 aliphatic rings. The van der Waals surface area contributed by atoms with Crippen molar-refractivity contribution in [2.45, 2.75) is 65.0 Å². The van der Waals surface area contributed by atoms with Crippen molar-refractivity contribution >= 4 is 0 Å².